The molecule has 2 amide bonds. The van der Waals surface area contributed by atoms with E-state index in [4.69, 9.17) is 22.5 Å². The van der Waals surface area contributed by atoms with Gasteiger partial charge in [-0.1, -0.05) is 29.8 Å². The summed E-state index contributed by atoms with van der Waals surface area (Å²) in [7, 11) is 0. The SMILES string of the molecule is NC(=O)C1(CCNc2ccnc3cc(Cl)ccc23)C=CC(C(=O)NO)=CC1. The number of primary amides is 1. The molecule has 27 heavy (non-hydrogen) atoms. The monoisotopic (exact) mass is 386 g/mol. The zero-order valence-corrected chi connectivity index (χ0v) is 15.2. The maximum absolute atomic E-state index is 12.1. The average Bonchev–Trinajstić information content (AvgIpc) is 2.67. The molecule has 140 valence electrons. The van der Waals surface area contributed by atoms with Crippen LogP contribution in [0.3, 0.4) is 0 Å². The zero-order valence-electron chi connectivity index (χ0n) is 14.4. The Morgan fingerprint density at radius 1 is 1.33 bits per heavy atom. The molecule has 0 radical (unpaired) electrons. The van der Waals surface area contributed by atoms with Crippen molar-refractivity contribution >= 4 is 40.0 Å². The second-order valence-corrected chi connectivity index (χ2v) is 6.79. The number of aromatic nitrogens is 1. The van der Waals surface area contributed by atoms with Crippen molar-refractivity contribution in [1.29, 1.82) is 0 Å². The Hall–Kier alpha value is -2.90. The van der Waals surface area contributed by atoms with Crippen molar-refractivity contribution in [3.05, 3.63) is 59.3 Å². The fourth-order valence-corrected chi connectivity index (χ4v) is 3.26. The van der Waals surface area contributed by atoms with E-state index < -0.39 is 17.2 Å². The van der Waals surface area contributed by atoms with Gasteiger partial charge < -0.3 is 11.1 Å². The number of nitrogens with two attached hydrogens (primary N) is 1. The molecule has 8 heteroatoms. The van der Waals surface area contributed by atoms with Crippen molar-refractivity contribution in [1.82, 2.24) is 10.5 Å². The number of hydroxylamine groups is 1. The molecule has 7 nitrogen and oxygen atoms in total. The lowest BCUT2D eigenvalue weighted by Gasteiger charge is -2.29. The first-order valence-electron chi connectivity index (χ1n) is 8.37. The minimum atomic E-state index is -0.890. The van der Waals surface area contributed by atoms with Crippen molar-refractivity contribution in [2.75, 3.05) is 11.9 Å². The van der Waals surface area contributed by atoms with Crippen molar-refractivity contribution in [2.24, 2.45) is 11.1 Å². The van der Waals surface area contributed by atoms with E-state index in [1.165, 1.54) is 6.08 Å². The smallest absolute Gasteiger partial charge is 0.274 e. The maximum Gasteiger partial charge on any atom is 0.274 e. The predicted molar refractivity (Wildman–Crippen MR) is 103 cm³/mol. The van der Waals surface area contributed by atoms with Gasteiger partial charge in [-0.15, -0.1) is 0 Å². The average molecular weight is 387 g/mol. The van der Waals surface area contributed by atoms with Gasteiger partial charge in [0.1, 0.15) is 0 Å². The third kappa shape index (κ3) is 3.94. The molecule has 1 aromatic carbocycles. The molecular weight excluding hydrogens is 368 g/mol. The summed E-state index contributed by atoms with van der Waals surface area (Å²) in [5.41, 5.74) is 8.25. The standard InChI is InChI=1S/C19H19ClN4O3/c20-13-1-2-14-15(5-9-22-16(14)11-13)23-10-8-19(18(21)26)6-3-12(4-7-19)17(25)24-27/h1-6,9,11,27H,7-8,10H2,(H2,21,26)(H,22,23)(H,24,25). The third-order valence-electron chi connectivity index (χ3n) is 4.71. The second-order valence-electron chi connectivity index (χ2n) is 6.36. The zero-order chi connectivity index (χ0) is 19.4. The highest BCUT2D eigenvalue weighted by atomic mass is 35.5. The van der Waals surface area contributed by atoms with Gasteiger partial charge in [0, 0.05) is 34.4 Å². The van der Waals surface area contributed by atoms with E-state index in [0.29, 0.717) is 23.6 Å². The van der Waals surface area contributed by atoms with Crippen molar-refractivity contribution < 1.29 is 14.8 Å². The number of carbonyl (C=O) groups is 2. The Bertz CT molecular complexity index is 957. The van der Waals surface area contributed by atoms with Gasteiger partial charge in [0.2, 0.25) is 5.91 Å². The van der Waals surface area contributed by atoms with Gasteiger partial charge in [-0.3, -0.25) is 19.8 Å². The van der Waals surface area contributed by atoms with Crippen LogP contribution in [0, 0.1) is 5.41 Å². The molecule has 1 aliphatic carbocycles. The number of anilines is 1. The highest BCUT2D eigenvalue weighted by Gasteiger charge is 2.35. The van der Waals surface area contributed by atoms with Crippen molar-refractivity contribution in [2.45, 2.75) is 12.8 Å². The highest BCUT2D eigenvalue weighted by Crippen LogP contribution is 2.34. The number of allylic oxidation sites excluding steroid dienone is 1. The topological polar surface area (TPSA) is 117 Å². The molecule has 0 saturated heterocycles. The van der Waals surface area contributed by atoms with E-state index in [2.05, 4.69) is 10.3 Å². The van der Waals surface area contributed by atoms with Gasteiger partial charge in [0.25, 0.3) is 5.91 Å². The fraction of sp³-hybridized carbons (Fsp3) is 0.211. The molecule has 2 aromatic rings. The number of hydrogen-bond acceptors (Lipinski definition) is 5. The van der Waals surface area contributed by atoms with Crippen LogP contribution in [-0.2, 0) is 9.59 Å². The summed E-state index contributed by atoms with van der Waals surface area (Å²) in [4.78, 5) is 27.8. The Labute approximate surface area is 160 Å². The van der Waals surface area contributed by atoms with E-state index in [0.717, 1.165) is 16.6 Å². The normalized spacial score (nSPS) is 18.8. The van der Waals surface area contributed by atoms with E-state index in [-0.39, 0.29) is 6.42 Å². The van der Waals surface area contributed by atoms with Crippen LogP contribution in [0.1, 0.15) is 12.8 Å². The summed E-state index contributed by atoms with van der Waals surface area (Å²) in [6.07, 6.45) is 7.15. The van der Waals surface area contributed by atoms with Crippen LogP contribution in [0.2, 0.25) is 5.02 Å². The number of rotatable bonds is 6. The first kappa shape index (κ1) is 18.9. The van der Waals surface area contributed by atoms with E-state index >= 15 is 0 Å². The molecule has 0 bridgehead atoms. The lowest BCUT2D eigenvalue weighted by Crippen LogP contribution is -2.38. The summed E-state index contributed by atoms with van der Waals surface area (Å²) < 4.78 is 0. The van der Waals surface area contributed by atoms with Gasteiger partial charge in [0.05, 0.1) is 10.9 Å². The number of carbonyl (C=O) groups excluding carboxylic acids is 2. The number of hydrogen-bond donors (Lipinski definition) is 4. The number of nitrogens with one attached hydrogen (secondary N) is 2. The summed E-state index contributed by atoms with van der Waals surface area (Å²) in [6, 6.07) is 7.33. The Balaban J connectivity index is 1.72. The summed E-state index contributed by atoms with van der Waals surface area (Å²) in [5.74, 6) is -1.09. The molecule has 1 atom stereocenters. The van der Waals surface area contributed by atoms with E-state index in [9.17, 15) is 9.59 Å². The summed E-state index contributed by atoms with van der Waals surface area (Å²) >= 11 is 6.01. The van der Waals surface area contributed by atoms with Gasteiger partial charge in [0.15, 0.2) is 0 Å². The van der Waals surface area contributed by atoms with Crippen LogP contribution < -0.4 is 16.5 Å². The third-order valence-corrected chi connectivity index (χ3v) is 4.95. The predicted octanol–water partition coefficient (Wildman–Crippen LogP) is 2.55. The van der Waals surface area contributed by atoms with Crippen LogP contribution >= 0.6 is 11.6 Å². The van der Waals surface area contributed by atoms with Gasteiger partial charge >= 0.3 is 0 Å². The van der Waals surface area contributed by atoms with E-state index in [1.54, 1.807) is 36.0 Å². The van der Waals surface area contributed by atoms with Crippen LogP contribution in [0.5, 0.6) is 0 Å². The fourth-order valence-electron chi connectivity index (χ4n) is 3.10. The van der Waals surface area contributed by atoms with Gasteiger partial charge in [-0.25, -0.2) is 5.48 Å². The highest BCUT2D eigenvalue weighted by molar-refractivity contribution is 6.31. The first-order chi connectivity index (χ1) is 12.9. The minimum Gasteiger partial charge on any atom is -0.384 e. The molecule has 1 unspecified atom stereocenters. The number of fused-ring (bicyclic) bond motifs is 1. The molecule has 1 heterocycles. The first-order valence-corrected chi connectivity index (χ1v) is 8.75. The van der Waals surface area contributed by atoms with Crippen LogP contribution in [-0.4, -0.2) is 28.6 Å². The van der Waals surface area contributed by atoms with E-state index in [1.807, 2.05) is 12.1 Å². The summed E-state index contributed by atoms with van der Waals surface area (Å²) in [6.45, 7) is 0.490. The number of halogens is 1. The Morgan fingerprint density at radius 3 is 2.81 bits per heavy atom. The minimum absolute atomic E-state index is 0.288. The number of benzene rings is 1. The van der Waals surface area contributed by atoms with Crippen LogP contribution in [0.4, 0.5) is 5.69 Å². The van der Waals surface area contributed by atoms with Crippen LogP contribution in [0.15, 0.2) is 54.3 Å². The van der Waals surface area contributed by atoms with Gasteiger partial charge in [-0.05, 0) is 37.1 Å². The molecule has 0 fully saturated rings. The van der Waals surface area contributed by atoms with Gasteiger partial charge in [-0.2, -0.15) is 0 Å². The quantitative estimate of drug-likeness (QED) is 0.449. The molecule has 0 spiro atoms. The molecule has 3 rings (SSSR count). The lowest BCUT2D eigenvalue weighted by atomic mass is 9.76. The maximum atomic E-state index is 12.1. The Kier molecular flexibility index (Phi) is 5.43. The van der Waals surface area contributed by atoms with Crippen molar-refractivity contribution in [3.63, 3.8) is 0 Å². The number of nitrogens with zero attached hydrogens (tertiary/aromatic N) is 1. The molecule has 1 aliphatic rings. The number of amides is 2. The molecule has 5 N–H and O–H groups in total. The summed E-state index contributed by atoms with van der Waals surface area (Å²) in [5, 5.41) is 13.6. The lowest BCUT2D eigenvalue weighted by molar-refractivity contribution is -0.126. The van der Waals surface area contributed by atoms with Crippen LogP contribution in [0.25, 0.3) is 10.9 Å². The van der Waals surface area contributed by atoms with Crippen molar-refractivity contribution in [3.8, 4) is 0 Å². The molecule has 1 aromatic heterocycles. The Morgan fingerprint density at radius 2 is 2.15 bits per heavy atom. The molecule has 0 saturated carbocycles. The molecule has 0 aliphatic heterocycles. The molecular formula is C19H19ClN4O3. The largest absolute Gasteiger partial charge is 0.384 e. The second kappa shape index (κ2) is 7.77. The number of pyridine rings is 1.